The third kappa shape index (κ3) is 3.39. The third-order valence-corrected chi connectivity index (χ3v) is 6.53. The summed E-state index contributed by atoms with van der Waals surface area (Å²) in [6.07, 6.45) is 0.620. The van der Waals surface area contributed by atoms with Crippen LogP contribution < -0.4 is 9.62 Å². The average Bonchev–Trinajstić information content (AvgIpc) is 3.18. The van der Waals surface area contributed by atoms with Crippen LogP contribution in [0.2, 0.25) is 0 Å². The van der Waals surface area contributed by atoms with Gasteiger partial charge in [0.25, 0.3) is 0 Å². The van der Waals surface area contributed by atoms with Crippen molar-refractivity contribution < 1.29 is 17.9 Å². The molecule has 9 nitrogen and oxygen atoms in total. The van der Waals surface area contributed by atoms with Gasteiger partial charge in [0, 0.05) is 25.0 Å². The van der Waals surface area contributed by atoms with Gasteiger partial charge in [-0.1, -0.05) is 0 Å². The molecule has 2 N–H and O–H groups in total. The Morgan fingerprint density at radius 2 is 2.08 bits per heavy atom. The number of hydrogen-bond acceptors (Lipinski definition) is 6. The lowest BCUT2D eigenvalue weighted by Crippen LogP contribution is -2.41. The molecule has 0 aliphatic carbocycles. The van der Waals surface area contributed by atoms with Gasteiger partial charge in [-0.15, -0.1) is 0 Å². The molecule has 0 radical (unpaired) electrons. The van der Waals surface area contributed by atoms with Gasteiger partial charge < -0.3 is 10.1 Å². The molecule has 2 saturated heterocycles. The maximum absolute atomic E-state index is 12.3. The van der Waals surface area contributed by atoms with E-state index in [1.165, 1.54) is 4.31 Å². The van der Waals surface area contributed by atoms with Crippen LogP contribution in [-0.2, 0) is 19.6 Å². The molecule has 0 bridgehead atoms. The molecule has 2 fully saturated rings. The van der Waals surface area contributed by atoms with Crippen molar-refractivity contribution in [3.63, 3.8) is 0 Å². The lowest BCUT2D eigenvalue weighted by Gasteiger charge is -2.25. The molecule has 0 spiro atoms. The fourth-order valence-corrected chi connectivity index (χ4v) is 4.87. The molecule has 140 valence electrons. The number of nitrogens with zero attached hydrogens (tertiary/aromatic N) is 3. The number of ether oxygens (including phenoxy) is 1. The van der Waals surface area contributed by atoms with E-state index in [1.807, 2.05) is 4.90 Å². The lowest BCUT2D eigenvalue weighted by atomic mass is 10.2. The summed E-state index contributed by atoms with van der Waals surface area (Å²) in [6, 6.07) is 5.29. The number of sulfonamides is 1. The first-order valence-electron chi connectivity index (χ1n) is 8.61. The Hall–Kier alpha value is -2.17. The van der Waals surface area contributed by atoms with Gasteiger partial charge in [-0.3, -0.25) is 19.1 Å². The average molecular weight is 379 g/mol. The van der Waals surface area contributed by atoms with E-state index in [2.05, 4.69) is 15.5 Å². The van der Waals surface area contributed by atoms with E-state index in [4.69, 9.17) is 4.74 Å². The normalized spacial score (nSPS) is 20.5. The topological polar surface area (TPSA) is 108 Å². The molecule has 0 saturated carbocycles. The molecule has 3 heterocycles. The lowest BCUT2D eigenvalue weighted by molar-refractivity contribution is -0.118. The zero-order chi connectivity index (χ0) is 18.1. The number of amides is 1. The Morgan fingerprint density at radius 1 is 1.27 bits per heavy atom. The molecule has 2 aliphatic heterocycles. The summed E-state index contributed by atoms with van der Waals surface area (Å²) in [5.41, 5.74) is 1.34. The second-order valence-corrected chi connectivity index (χ2v) is 8.49. The summed E-state index contributed by atoms with van der Waals surface area (Å²) < 4.78 is 31.0. The maximum Gasteiger partial charge on any atom is 0.239 e. The van der Waals surface area contributed by atoms with E-state index in [-0.39, 0.29) is 18.2 Å². The number of morpholine rings is 1. The fourth-order valence-electron chi connectivity index (χ4n) is 3.32. The van der Waals surface area contributed by atoms with Gasteiger partial charge in [0.15, 0.2) is 5.82 Å². The highest BCUT2D eigenvalue weighted by atomic mass is 32.2. The van der Waals surface area contributed by atoms with Crippen LogP contribution >= 0.6 is 0 Å². The number of carbonyl (C=O) groups excluding carboxylic acids is 1. The summed E-state index contributed by atoms with van der Waals surface area (Å²) in [7, 11) is -3.25. The summed E-state index contributed by atoms with van der Waals surface area (Å²) in [5, 5.41) is 10.5. The zero-order valence-electron chi connectivity index (χ0n) is 14.3. The summed E-state index contributed by atoms with van der Waals surface area (Å²) >= 11 is 0. The molecule has 4 rings (SSSR count). The number of anilines is 2. The van der Waals surface area contributed by atoms with Crippen LogP contribution in [0.4, 0.5) is 11.5 Å². The highest BCUT2D eigenvalue weighted by molar-refractivity contribution is 7.93. The Morgan fingerprint density at radius 3 is 2.81 bits per heavy atom. The minimum Gasteiger partial charge on any atom is -0.379 e. The second-order valence-electron chi connectivity index (χ2n) is 6.48. The Labute approximate surface area is 151 Å². The van der Waals surface area contributed by atoms with Crippen molar-refractivity contribution in [3.8, 4) is 0 Å². The van der Waals surface area contributed by atoms with Gasteiger partial charge in [0.05, 0.1) is 36.7 Å². The van der Waals surface area contributed by atoms with Crippen molar-refractivity contribution >= 4 is 38.3 Å². The number of hydrogen-bond donors (Lipinski definition) is 2. The van der Waals surface area contributed by atoms with Crippen molar-refractivity contribution in [2.24, 2.45) is 0 Å². The number of fused-ring (bicyclic) bond motifs is 1. The highest BCUT2D eigenvalue weighted by Gasteiger charge is 2.28. The van der Waals surface area contributed by atoms with Gasteiger partial charge >= 0.3 is 0 Å². The van der Waals surface area contributed by atoms with E-state index in [9.17, 15) is 13.2 Å². The van der Waals surface area contributed by atoms with Crippen molar-refractivity contribution in [2.75, 3.05) is 54.8 Å². The van der Waals surface area contributed by atoms with Crippen LogP contribution in [0.1, 0.15) is 6.42 Å². The zero-order valence-corrected chi connectivity index (χ0v) is 15.1. The van der Waals surface area contributed by atoms with E-state index in [0.717, 1.165) is 18.6 Å². The molecule has 1 aromatic carbocycles. The van der Waals surface area contributed by atoms with Crippen LogP contribution in [0, 0.1) is 0 Å². The van der Waals surface area contributed by atoms with Crippen LogP contribution in [0.25, 0.3) is 10.9 Å². The molecule has 1 aromatic heterocycles. The monoisotopic (exact) mass is 379 g/mol. The SMILES string of the molecule is O=C(CN1CCOCC1)Nc1n[nH]c2ccc(N3CCCS3(=O)=O)cc12. The van der Waals surface area contributed by atoms with Gasteiger partial charge in [0.2, 0.25) is 15.9 Å². The largest absolute Gasteiger partial charge is 0.379 e. The van der Waals surface area contributed by atoms with Crippen molar-refractivity contribution in [1.82, 2.24) is 15.1 Å². The highest BCUT2D eigenvalue weighted by Crippen LogP contribution is 2.30. The maximum atomic E-state index is 12.3. The standard InChI is InChI=1S/C16H21N5O4S/c22-15(11-20-5-7-25-8-6-20)17-16-13-10-12(2-3-14(13)18-19-16)21-4-1-9-26(21,23)24/h2-3,10H,1,4-9,11H2,(H2,17,18,19,22). The first-order valence-corrected chi connectivity index (χ1v) is 10.2. The fraction of sp³-hybridized carbons (Fsp3) is 0.500. The summed E-state index contributed by atoms with van der Waals surface area (Å²) in [5.74, 6) is 0.427. The molecule has 26 heavy (non-hydrogen) atoms. The quantitative estimate of drug-likeness (QED) is 0.795. The van der Waals surface area contributed by atoms with Crippen molar-refractivity contribution in [2.45, 2.75) is 6.42 Å². The van der Waals surface area contributed by atoms with Gasteiger partial charge in [-0.05, 0) is 24.6 Å². The number of nitrogens with one attached hydrogen (secondary N) is 2. The van der Waals surface area contributed by atoms with Gasteiger partial charge in [-0.25, -0.2) is 8.42 Å². The minimum absolute atomic E-state index is 0.153. The smallest absolute Gasteiger partial charge is 0.239 e. The van der Waals surface area contributed by atoms with E-state index < -0.39 is 10.0 Å². The van der Waals surface area contributed by atoms with Crippen molar-refractivity contribution in [3.05, 3.63) is 18.2 Å². The second kappa shape index (κ2) is 6.86. The van der Waals surface area contributed by atoms with Gasteiger partial charge in [0.1, 0.15) is 0 Å². The number of rotatable bonds is 4. The Kier molecular flexibility index (Phi) is 4.55. The molecule has 10 heteroatoms. The Balaban J connectivity index is 1.54. The molecular formula is C16H21N5O4S. The van der Waals surface area contributed by atoms with Crippen LogP contribution in [0.5, 0.6) is 0 Å². The number of H-pyrrole nitrogens is 1. The minimum atomic E-state index is -3.25. The van der Waals surface area contributed by atoms with Gasteiger partial charge in [-0.2, -0.15) is 5.10 Å². The molecule has 1 amide bonds. The van der Waals surface area contributed by atoms with E-state index >= 15 is 0 Å². The molecular weight excluding hydrogens is 358 g/mol. The Bertz CT molecular complexity index is 920. The molecule has 0 atom stereocenters. The van der Waals surface area contributed by atoms with E-state index in [0.29, 0.717) is 43.1 Å². The molecule has 0 unspecified atom stereocenters. The first kappa shape index (κ1) is 17.3. The third-order valence-electron chi connectivity index (χ3n) is 4.66. The van der Waals surface area contributed by atoms with E-state index in [1.54, 1.807) is 18.2 Å². The molecule has 2 aliphatic rings. The summed E-state index contributed by atoms with van der Waals surface area (Å²) in [4.78, 5) is 14.3. The number of carbonyl (C=O) groups is 1. The number of aromatic nitrogens is 2. The van der Waals surface area contributed by atoms with Crippen LogP contribution in [-0.4, -0.2) is 74.6 Å². The van der Waals surface area contributed by atoms with Crippen LogP contribution in [0.15, 0.2) is 18.2 Å². The molecule has 2 aromatic rings. The number of benzene rings is 1. The predicted octanol–water partition coefficient (Wildman–Crippen LogP) is 0.374. The first-order chi connectivity index (χ1) is 12.5. The van der Waals surface area contributed by atoms with Crippen molar-refractivity contribution in [1.29, 1.82) is 0 Å². The van der Waals surface area contributed by atoms with Crippen LogP contribution in [0.3, 0.4) is 0 Å². The number of aromatic amines is 1. The summed E-state index contributed by atoms with van der Waals surface area (Å²) in [6.45, 7) is 3.47. The predicted molar refractivity (Wildman–Crippen MR) is 97.7 cm³/mol.